The van der Waals surface area contributed by atoms with Crippen molar-refractivity contribution in [1.82, 2.24) is 0 Å². The molecule has 2 aliphatic rings. The summed E-state index contributed by atoms with van der Waals surface area (Å²) in [7, 11) is 0. The third kappa shape index (κ3) is 3.99. The molecule has 1 heterocycles. The Morgan fingerprint density at radius 1 is 0.933 bits per heavy atom. The summed E-state index contributed by atoms with van der Waals surface area (Å²) in [6, 6.07) is 14.7. The quantitative estimate of drug-likeness (QED) is 0.757. The molecule has 0 spiro atoms. The number of fused-ring (bicyclic) bond motifs is 1. The highest BCUT2D eigenvalue weighted by molar-refractivity contribution is 6.07. The van der Waals surface area contributed by atoms with E-state index in [-0.39, 0.29) is 11.8 Å². The average molecular weight is 404 g/mol. The summed E-state index contributed by atoms with van der Waals surface area (Å²) in [6.07, 6.45) is 6.33. The first-order valence-electron chi connectivity index (χ1n) is 10.2. The van der Waals surface area contributed by atoms with Crippen LogP contribution in [0.5, 0.6) is 0 Å². The van der Waals surface area contributed by atoms with Crippen molar-refractivity contribution < 1.29 is 19.5 Å². The topological polar surface area (TPSA) is 86.7 Å². The molecular formula is C24H24N2O4. The van der Waals surface area contributed by atoms with Crippen LogP contribution in [0.3, 0.4) is 0 Å². The minimum absolute atomic E-state index is 0.0663. The van der Waals surface area contributed by atoms with E-state index in [0.29, 0.717) is 30.6 Å². The van der Waals surface area contributed by atoms with E-state index in [0.717, 1.165) is 18.5 Å². The summed E-state index contributed by atoms with van der Waals surface area (Å²) in [5, 5.41) is 12.2. The number of benzene rings is 2. The number of hydrogen-bond donors (Lipinski definition) is 2. The van der Waals surface area contributed by atoms with Gasteiger partial charge in [0.25, 0.3) is 5.91 Å². The van der Waals surface area contributed by atoms with E-state index >= 15 is 0 Å². The van der Waals surface area contributed by atoms with Crippen LogP contribution < -0.4 is 10.2 Å². The van der Waals surface area contributed by atoms with E-state index < -0.39 is 17.8 Å². The zero-order chi connectivity index (χ0) is 21.1. The standard InChI is InChI=1S/C24H24N2O4/c27-22(19-8-2-3-9-20(19)24(29)30)25-18-13-11-17(12-14-18)23(28)26-15-5-7-16-6-1-4-10-21(16)26/h1-4,6,10-14,19-20H,5,7-9,15H2,(H,25,27)(H,29,30)/t19-,20+/m0/s1. The third-order valence-electron chi connectivity index (χ3n) is 5.84. The van der Waals surface area contributed by atoms with Crippen molar-refractivity contribution in [2.75, 3.05) is 16.8 Å². The molecule has 1 aliphatic carbocycles. The minimum Gasteiger partial charge on any atom is -0.481 e. The number of para-hydroxylation sites is 1. The number of anilines is 2. The number of hydrogen-bond acceptors (Lipinski definition) is 3. The second-order valence-electron chi connectivity index (χ2n) is 7.75. The Morgan fingerprint density at radius 2 is 1.63 bits per heavy atom. The van der Waals surface area contributed by atoms with Crippen molar-refractivity contribution in [3.05, 3.63) is 71.8 Å². The van der Waals surface area contributed by atoms with Gasteiger partial charge in [-0.15, -0.1) is 0 Å². The molecule has 6 heteroatoms. The molecule has 2 amide bonds. The monoisotopic (exact) mass is 404 g/mol. The van der Waals surface area contributed by atoms with E-state index in [1.54, 1.807) is 29.2 Å². The van der Waals surface area contributed by atoms with Gasteiger partial charge in [-0.05, 0) is 61.6 Å². The van der Waals surface area contributed by atoms with E-state index in [1.165, 1.54) is 5.56 Å². The lowest BCUT2D eigenvalue weighted by molar-refractivity contribution is -0.146. The second-order valence-corrected chi connectivity index (χ2v) is 7.75. The molecule has 0 saturated carbocycles. The summed E-state index contributed by atoms with van der Waals surface area (Å²) in [6.45, 7) is 0.681. The van der Waals surface area contributed by atoms with Crippen LogP contribution in [0, 0.1) is 11.8 Å². The first-order chi connectivity index (χ1) is 14.5. The van der Waals surface area contributed by atoms with Gasteiger partial charge in [-0.2, -0.15) is 0 Å². The first kappa shape index (κ1) is 19.9. The summed E-state index contributed by atoms with van der Waals surface area (Å²) in [4.78, 5) is 38.9. The van der Waals surface area contributed by atoms with Crippen molar-refractivity contribution in [2.45, 2.75) is 25.7 Å². The van der Waals surface area contributed by atoms with Crippen molar-refractivity contribution in [2.24, 2.45) is 11.8 Å². The summed E-state index contributed by atoms with van der Waals surface area (Å²) >= 11 is 0. The molecule has 154 valence electrons. The fourth-order valence-corrected chi connectivity index (χ4v) is 4.21. The summed E-state index contributed by atoms with van der Waals surface area (Å²) < 4.78 is 0. The van der Waals surface area contributed by atoms with Gasteiger partial charge in [-0.1, -0.05) is 30.4 Å². The molecule has 0 fully saturated rings. The zero-order valence-corrected chi connectivity index (χ0v) is 16.6. The molecule has 1 aliphatic heterocycles. The largest absolute Gasteiger partial charge is 0.481 e. The molecule has 0 saturated heterocycles. The normalized spacial score (nSPS) is 20.3. The molecule has 0 aromatic heterocycles. The minimum atomic E-state index is -0.956. The van der Waals surface area contributed by atoms with Crippen LogP contribution in [-0.4, -0.2) is 29.4 Å². The van der Waals surface area contributed by atoms with Gasteiger partial charge >= 0.3 is 5.97 Å². The van der Waals surface area contributed by atoms with Crippen molar-refractivity contribution in [3.63, 3.8) is 0 Å². The van der Waals surface area contributed by atoms with Crippen LogP contribution in [0.15, 0.2) is 60.7 Å². The van der Waals surface area contributed by atoms with Crippen LogP contribution in [-0.2, 0) is 16.0 Å². The Kier molecular flexibility index (Phi) is 5.65. The number of nitrogens with zero attached hydrogens (tertiary/aromatic N) is 1. The Labute approximate surface area is 175 Å². The Balaban J connectivity index is 1.46. The van der Waals surface area contributed by atoms with Crippen LogP contribution >= 0.6 is 0 Å². The zero-order valence-electron chi connectivity index (χ0n) is 16.6. The molecular weight excluding hydrogens is 380 g/mol. The van der Waals surface area contributed by atoms with Gasteiger partial charge < -0.3 is 15.3 Å². The van der Waals surface area contributed by atoms with Crippen LogP contribution in [0.25, 0.3) is 0 Å². The fraction of sp³-hybridized carbons (Fsp3) is 0.292. The molecule has 0 radical (unpaired) electrons. The van der Waals surface area contributed by atoms with Gasteiger partial charge in [0, 0.05) is 23.5 Å². The van der Waals surface area contributed by atoms with Crippen LogP contribution in [0.1, 0.15) is 35.2 Å². The molecule has 2 N–H and O–H groups in total. The highest BCUT2D eigenvalue weighted by Gasteiger charge is 2.34. The Morgan fingerprint density at radius 3 is 2.37 bits per heavy atom. The van der Waals surface area contributed by atoms with Crippen LogP contribution in [0.4, 0.5) is 11.4 Å². The van der Waals surface area contributed by atoms with E-state index in [2.05, 4.69) is 11.4 Å². The summed E-state index contributed by atoms with van der Waals surface area (Å²) in [5.74, 6) is -2.64. The predicted octanol–water partition coefficient (Wildman–Crippen LogP) is 3.89. The lowest BCUT2D eigenvalue weighted by Crippen LogP contribution is -2.35. The highest BCUT2D eigenvalue weighted by atomic mass is 16.4. The molecule has 0 bridgehead atoms. The molecule has 2 aromatic carbocycles. The predicted molar refractivity (Wildman–Crippen MR) is 115 cm³/mol. The van der Waals surface area contributed by atoms with E-state index in [4.69, 9.17) is 0 Å². The number of aliphatic carboxylic acids is 1. The van der Waals surface area contributed by atoms with Crippen molar-refractivity contribution >= 4 is 29.2 Å². The van der Waals surface area contributed by atoms with Gasteiger partial charge in [0.1, 0.15) is 0 Å². The average Bonchev–Trinajstić information content (AvgIpc) is 2.78. The number of rotatable bonds is 4. The smallest absolute Gasteiger partial charge is 0.307 e. The van der Waals surface area contributed by atoms with Crippen molar-refractivity contribution in [1.29, 1.82) is 0 Å². The highest BCUT2D eigenvalue weighted by Crippen LogP contribution is 2.29. The van der Waals surface area contributed by atoms with E-state index in [9.17, 15) is 19.5 Å². The molecule has 2 atom stereocenters. The third-order valence-corrected chi connectivity index (χ3v) is 5.84. The number of aryl methyl sites for hydroxylation is 1. The molecule has 30 heavy (non-hydrogen) atoms. The molecule has 6 nitrogen and oxygen atoms in total. The van der Waals surface area contributed by atoms with Gasteiger partial charge in [-0.3, -0.25) is 14.4 Å². The Bertz CT molecular complexity index is 997. The number of nitrogens with one attached hydrogen (secondary N) is 1. The van der Waals surface area contributed by atoms with Gasteiger partial charge in [0.15, 0.2) is 0 Å². The summed E-state index contributed by atoms with van der Waals surface area (Å²) in [5.41, 5.74) is 3.23. The lowest BCUT2D eigenvalue weighted by atomic mass is 9.82. The Hall–Kier alpha value is -3.41. The number of amides is 2. The first-order valence-corrected chi connectivity index (χ1v) is 10.2. The number of carboxylic acids is 1. The molecule has 0 unspecified atom stereocenters. The van der Waals surface area contributed by atoms with Gasteiger partial charge in [0.2, 0.25) is 5.91 Å². The maximum atomic E-state index is 13.0. The number of carbonyl (C=O) groups excluding carboxylic acids is 2. The van der Waals surface area contributed by atoms with Crippen molar-refractivity contribution in [3.8, 4) is 0 Å². The number of carboxylic acid groups (broad SMARTS) is 1. The number of allylic oxidation sites excluding steroid dienone is 2. The SMILES string of the molecule is O=C(Nc1ccc(C(=O)N2CCCc3ccccc32)cc1)[C@H]1CC=CC[C@H]1C(=O)O. The fourth-order valence-electron chi connectivity index (χ4n) is 4.21. The molecule has 2 aromatic rings. The maximum Gasteiger partial charge on any atom is 0.307 e. The second kappa shape index (κ2) is 8.53. The van der Waals surface area contributed by atoms with Crippen LogP contribution in [0.2, 0.25) is 0 Å². The van der Waals surface area contributed by atoms with E-state index in [1.807, 2.05) is 30.4 Å². The number of carbonyl (C=O) groups is 3. The lowest BCUT2D eigenvalue weighted by Gasteiger charge is -2.29. The van der Waals surface area contributed by atoms with Gasteiger partial charge in [0.05, 0.1) is 11.8 Å². The molecule has 4 rings (SSSR count). The maximum absolute atomic E-state index is 13.0. The van der Waals surface area contributed by atoms with Gasteiger partial charge in [-0.25, -0.2) is 0 Å².